The molecule has 2 N–H and O–H groups in total. The standard InChI is InChI=1S/C20H32N2O5/c1-6-8-9-14(7-2)12-21-18(23)13-22-20(24)15-10-16(25-3)19(27-5)17(11-15)26-4/h10-11,14H,6-9,12-13H2,1-5H3,(H,21,23)(H,22,24). The van der Waals surface area contributed by atoms with Crippen molar-refractivity contribution >= 4 is 11.8 Å². The molecule has 1 aromatic rings. The molecular formula is C20H32N2O5. The number of carbonyl (C=O) groups is 2. The Morgan fingerprint density at radius 2 is 1.63 bits per heavy atom. The van der Waals surface area contributed by atoms with Crippen LogP contribution in [0.5, 0.6) is 17.2 Å². The Labute approximate surface area is 161 Å². The van der Waals surface area contributed by atoms with Gasteiger partial charge in [0.2, 0.25) is 11.7 Å². The monoisotopic (exact) mass is 380 g/mol. The lowest BCUT2D eigenvalue weighted by atomic mass is 9.99. The number of methoxy groups -OCH3 is 3. The van der Waals surface area contributed by atoms with Crippen molar-refractivity contribution in [3.63, 3.8) is 0 Å². The maximum atomic E-state index is 12.4. The van der Waals surface area contributed by atoms with E-state index in [0.29, 0.717) is 35.3 Å². The largest absolute Gasteiger partial charge is 0.493 e. The molecular weight excluding hydrogens is 348 g/mol. The fraction of sp³-hybridized carbons (Fsp3) is 0.600. The highest BCUT2D eigenvalue weighted by Gasteiger charge is 2.17. The minimum atomic E-state index is -0.387. The molecule has 0 saturated heterocycles. The Hall–Kier alpha value is -2.44. The number of hydrogen-bond donors (Lipinski definition) is 2. The Morgan fingerprint density at radius 1 is 1.00 bits per heavy atom. The first kappa shape index (κ1) is 22.6. The number of benzene rings is 1. The zero-order valence-electron chi connectivity index (χ0n) is 17.0. The fourth-order valence-corrected chi connectivity index (χ4v) is 2.74. The van der Waals surface area contributed by atoms with Crippen LogP contribution in [0.25, 0.3) is 0 Å². The number of unbranched alkanes of at least 4 members (excludes halogenated alkanes) is 1. The van der Waals surface area contributed by atoms with Crippen LogP contribution < -0.4 is 24.8 Å². The predicted octanol–water partition coefficient (Wildman–Crippen LogP) is 2.77. The third kappa shape index (κ3) is 7.00. The van der Waals surface area contributed by atoms with E-state index in [2.05, 4.69) is 24.5 Å². The van der Waals surface area contributed by atoms with Gasteiger partial charge in [-0.15, -0.1) is 0 Å². The third-order valence-electron chi connectivity index (χ3n) is 4.47. The van der Waals surface area contributed by atoms with Crippen molar-refractivity contribution in [1.29, 1.82) is 0 Å². The lowest BCUT2D eigenvalue weighted by Gasteiger charge is -2.16. The number of ether oxygens (including phenoxy) is 3. The molecule has 2 amide bonds. The van der Waals surface area contributed by atoms with Gasteiger partial charge in [0, 0.05) is 12.1 Å². The van der Waals surface area contributed by atoms with Gasteiger partial charge in [-0.3, -0.25) is 9.59 Å². The Morgan fingerprint density at radius 3 is 2.11 bits per heavy atom. The number of hydrogen-bond acceptors (Lipinski definition) is 5. The average Bonchev–Trinajstić information content (AvgIpc) is 2.70. The van der Waals surface area contributed by atoms with Crippen molar-refractivity contribution in [1.82, 2.24) is 10.6 Å². The molecule has 27 heavy (non-hydrogen) atoms. The van der Waals surface area contributed by atoms with E-state index in [0.717, 1.165) is 25.7 Å². The van der Waals surface area contributed by atoms with Gasteiger partial charge >= 0.3 is 0 Å². The molecule has 0 aliphatic carbocycles. The molecule has 1 unspecified atom stereocenters. The first-order valence-corrected chi connectivity index (χ1v) is 9.35. The second-order valence-corrected chi connectivity index (χ2v) is 6.32. The summed E-state index contributed by atoms with van der Waals surface area (Å²) >= 11 is 0. The SMILES string of the molecule is CCCCC(CC)CNC(=O)CNC(=O)c1cc(OC)c(OC)c(OC)c1. The van der Waals surface area contributed by atoms with Gasteiger partial charge in [0.05, 0.1) is 27.9 Å². The van der Waals surface area contributed by atoms with Gasteiger partial charge in [-0.25, -0.2) is 0 Å². The summed E-state index contributed by atoms with van der Waals surface area (Å²) in [6, 6.07) is 3.10. The van der Waals surface area contributed by atoms with Crippen LogP contribution in [0.15, 0.2) is 12.1 Å². The highest BCUT2D eigenvalue weighted by molar-refractivity contribution is 5.97. The number of amides is 2. The van der Waals surface area contributed by atoms with Crippen LogP contribution in [0.4, 0.5) is 0 Å². The van der Waals surface area contributed by atoms with Crippen LogP contribution in [-0.4, -0.2) is 46.2 Å². The molecule has 0 heterocycles. The summed E-state index contributed by atoms with van der Waals surface area (Å²) in [6.07, 6.45) is 4.44. The van der Waals surface area contributed by atoms with Crippen molar-refractivity contribution in [2.24, 2.45) is 5.92 Å². The van der Waals surface area contributed by atoms with Gasteiger partial charge in [0.15, 0.2) is 11.5 Å². The van der Waals surface area contributed by atoms with E-state index in [4.69, 9.17) is 14.2 Å². The summed E-state index contributed by atoms with van der Waals surface area (Å²) in [7, 11) is 4.46. The van der Waals surface area contributed by atoms with Crippen LogP contribution in [0.2, 0.25) is 0 Å². The summed E-state index contributed by atoms with van der Waals surface area (Å²) in [5.74, 6) is 1.06. The zero-order valence-corrected chi connectivity index (χ0v) is 17.0. The van der Waals surface area contributed by atoms with E-state index >= 15 is 0 Å². The summed E-state index contributed by atoms with van der Waals surface area (Å²) in [6.45, 7) is 4.83. The quantitative estimate of drug-likeness (QED) is 0.582. The molecule has 7 heteroatoms. The first-order valence-electron chi connectivity index (χ1n) is 9.35. The first-order chi connectivity index (χ1) is 13.0. The van der Waals surface area contributed by atoms with Crippen LogP contribution in [0.3, 0.4) is 0 Å². The van der Waals surface area contributed by atoms with E-state index in [1.54, 1.807) is 12.1 Å². The smallest absolute Gasteiger partial charge is 0.251 e. The van der Waals surface area contributed by atoms with Crippen molar-refractivity contribution < 1.29 is 23.8 Å². The van der Waals surface area contributed by atoms with E-state index in [9.17, 15) is 9.59 Å². The Kier molecular flexibility index (Phi) is 10.1. The van der Waals surface area contributed by atoms with Gasteiger partial charge in [0.1, 0.15) is 0 Å². The highest BCUT2D eigenvalue weighted by atomic mass is 16.5. The van der Waals surface area contributed by atoms with Crippen molar-refractivity contribution in [3.05, 3.63) is 17.7 Å². The summed E-state index contributed by atoms with van der Waals surface area (Å²) in [5.41, 5.74) is 0.326. The number of rotatable bonds is 12. The number of carbonyl (C=O) groups excluding carboxylic acids is 2. The molecule has 1 rings (SSSR count). The zero-order chi connectivity index (χ0) is 20.2. The predicted molar refractivity (Wildman–Crippen MR) is 105 cm³/mol. The van der Waals surface area contributed by atoms with Gasteiger partial charge in [-0.1, -0.05) is 33.1 Å². The molecule has 0 radical (unpaired) electrons. The maximum Gasteiger partial charge on any atom is 0.251 e. The van der Waals surface area contributed by atoms with E-state index in [1.807, 2.05) is 0 Å². The van der Waals surface area contributed by atoms with Crippen molar-refractivity contribution in [2.45, 2.75) is 39.5 Å². The minimum absolute atomic E-state index is 0.0836. The molecule has 0 aliphatic heterocycles. The molecule has 1 aromatic carbocycles. The van der Waals surface area contributed by atoms with Gasteiger partial charge in [-0.05, 0) is 24.5 Å². The Bertz CT molecular complexity index is 593. The topological polar surface area (TPSA) is 85.9 Å². The van der Waals surface area contributed by atoms with Crippen molar-refractivity contribution in [3.8, 4) is 17.2 Å². The van der Waals surface area contributed by atoms with E-state index < -0.39 is 0 Å². The van der Waals surface area contributed by atoms with E-state index in [1.165, 1.54) is 21.3 Å². The summed E-state index contributed by atoms with van der Waals surface area (Å²) < 4.78 is 15.7. The maximum absolute atomic E-state index is 12.4. The van der Waals surface area contributed by atoms with Gasteiger partial charge in [-0.2, -0.15) is 0 Å². The summed E-state index contributed by atoms with van der Waals surface area (Å²) in [5, 5.41) is 5.51. The molecule has 0 saturated carbocycles. The molecule has 0 spiro atoms. The highest BCUT2D eigenvalue weighted by Crippen LogP contribution is 2.38. The lowest BCUT2D eigenvalue weighted by molar-refractivity contribution is -0.120. The second-order valence-electron chi connectivity index (χ2n) is 6.32. The normalized spacial score (nSPS) is 11.4. The minimum Gasteiger partial charge on any atom is -0.493 e. The average molecular weight is 380 g/mol. The van der Waals surface area contributed by atoms with Crippen molar-refractivity contribution in [2.75, 3.05) is 34.4 Å². The van der Waals surface area contributed by atoms with Crippen LogP contribution in [-0.2, 0) is 4.79 Å². The van der Waals surface area contributed by atoms with E-state index in [-0.39, 0.29) is 18.4 Å². The second kappa shape index (κ2) is 12.0. The fourth-order valence-electron chi connectivity index (χ4n) is 2.74. The molecule has 7 nitrogen and oxygen atoms in total. The Balaban J connectivity index is 2.62. The lowest BCUT2D eigenvalue weighted by Crippen LogP contribution is -2.38. The molecule has 152 valence electrons. The van der Waals surface area contributed by atoms with Gasteiger partial charge < -0.3 is 24.8 Å². The van der Waals surface area contributed by atoms with Crippen LogP contribution >= 0.6 is 0 Å². The van der Waals surface area contributed by atoms with Crippen LogP contribution in [0.1, 0.15) is 49.9 Å². The molecule has 1 atom stereocenters. The molecule has 0 aromatic heterocycles. The number of nitrogens with one attached hydrogen (secondary N) is 2. The molecule has 0 aliphatic rings. The molecule has 0 fully saturated rings. The third-order valence-corrected chi connectivity index (χ3v) is 4.47. The molecule has 0 bridgehead atoms. The van der Waals surface area contributed by atoms with Crippen LogP contribution in [0, 0.1) is 5.92 Å². The van der Waals surface area contributed by atoms with Gasteiger partial charge in [0.25, 0.3) is 5.91 Å². The summed E-state index contributed by atoms with van der Waals surface area (Å²) in [4.78, 5) is 24.4.